The molecule has 108 valence electrons. The average Bonchev–Trinajstić information content (AvgIpc) is 2.91. The first kappa shape index (κ1) is 13.4. The molecule has 0 unspecified atom stereocenters. The molecule has 0 aliphatic heterocycles. The summed E-state index contributed by atoms with van der Waals surface area (Å²) in [6.07, 6.45) is 0.813. The van der Waals surface area contributed by atoms with Gasteiger partial charge in [0, 0.05) is 5.56 Å². The molecule has 3 aromatic rings. The Hall–Kier alpha value is -2.26. The average molecular weight is 353 g/mol. The van der Waals surface area contributed by atoms with Gasteiger partial charge in [-0.1, -0.05) is 36.4 Å². The smallest absolute Gasteiger partial charge is 0.129 e. The van der Waals surface area contributed by atoms with Crippen LogP contribution in [0.3, 0.4) is 0 Å². The van der Waals surface area contributed by atoms with Gasteiger partial charge in [0.15, 0.2) is 0 Å². The lowest BCUT2D eigenvalue weighted by molar-refractivity contribution is 0.472. The van der Waals surface area contributed by atoms with Crippen LogP contribution in [0.5, 0.6) is 11.5 Å². The Labute approximate surface area is 136 Å². The van der Waals surface area contributed by atoms with E-state index in [0.29, 0.717) is 10.2 Å². The molecule has 0 aromatic heterocycles. The van der Waals surface area contributed by atoms with E-state index in [1.807, 2.05) is 30.3 Å². The van der Waals surface area contributed by atoms with Crippen molar-refractivity contribution in [1.82, 2.24) is 0 Å². The predicted octanol–water partition coefficient (Wildman–Crippen LogP) is 5.10. The number of rotatable bonds is 1. The second-order valence-electron chi connectivity index (χ2n) is 5.49. The van der Waals surface area contributed by atoms with E-state index in [4.69, 9.17) is 0 Å². The van der Waals surface area contributed by atoms with Gasteiger partial charge < -0.3 is 10.2 Å². The van der Waals surface area contributed by atoms with Crippen molar-refractivity contribution in [2.75, 3.05) is 0 Å². The van der Waals surface area contributed by atoms with E-state index in [9.17, 15) is 10.2 Å². The lowest BCUT2D eigenvalue weighted by Gasteiger charge is -2.11. The minimum absolute atomic E-state index is 0.224. The zero-order valence-electron chi connectivity index (χ0n) is 11.7. The molecule has 0 heterocycles. The normalized spacial score (nSPS) is 12.0. The zero-order valence-corrected chi connectivity index (χ0v) is 13.3. The van der Waals surface area contributed by atoms with Crippen LogP contribution >= 0.6 is 15.9 Å². The number of hydrogen-bond donors (Lipinski definition) is 2. The topological polar surface area (TPSA) is 40.5 Å². The van der Waals surface area contributed by atoms with Crippen molar-refractivity contribution in [3.63, 3.8) is 0 Å². The molecule has 0 radical (unpaired) electrons. The fourth-order valence-corrected chi connectivity index (χ4v) is 3.55. The Morgan fingerprint density at radius 1 is 0.818 bits per heavy atom. The molecule has 4 rings (SSSR count). The summed E-state index contributed by atoms with van der Waals surface area (Å²) in [5.41, 5.74) is 6.52. The predicted molar refractivity (Wildman–Crippen MR) is 91.1 cm³/mol. The van der Waals surface area contributed by atoms with Crippen molar-refractivity contribution in [3.8, 4) is 33.8 Å². The van der Waals surface area contributed by atoms with Crippen LogP contribution in [0.25, 0.3) is 22.3 Å². The molecule has 22 heavy (non-hydrogen) atoms. The number of phenols is 2. The molecule has 1 aliphatic rings. The van der Waals surface area contributed by atoms with Crippen LogP contribution in [0.4, 0.5) is 0 Å². The maximum Gasteiger partial charge on any atom is 0.129 e. The molecular formula is C19H13BrO2. The summed E-state index contributed by atoms with van der Waals surface area (Å²) in [6.45, 7) is 0. The molecular weight excluding hydrogens is 340 g/mol. The minimum atomic E-state index is 0.224. The second kappa shape index (κ2) is 4.89. The molecule has 0 saturated carbocycles. The largest absolute Gasteiger partial charge is 0.507 e. The molecule has 3 heteroatoms. The van der Waals surface area contributed by atoms with E-state index in [1.54, 1.807) is 12.1 Å². The molecule has 0 bridgehead atoms. The van der Waals surface area contributed by atoms with Gasteiger partial charge in [0.25, 0.3) is 0 Å². The first-order valence-corrected chi connectivity index (χ1v) is 7.86. The molecule has 2 N–H and O–H groups in total. The van der Waals surface area contributed by atoms with E-state index in [0.717, 1.165) is 34.2 Å². The summed E-state index contributed by atoms with van der Waals surface area (Å²) < 4.78 is 0.669. The summed E-state index contributed by atoms with van der Waals surface area (Å²) in [5, 5.41) is 20.0. The van der Waals surface area contributed by atoms with Crippen molar-refractivity contribution in [1.29, 1.82) is 0 Å². The standard InChI is InChI=1S/C19H13BrO2/c20-16-10-12(5-7-17(16)21)13-6-8-18(22)19-14-4-2-1-3-11(14)9-15(13)19/h1-8,10,21-22H,9H2. The fraction of sp³-hybridized carbons (Fsp3) is 0.0526. The fourth-order valence-electron chi connectivity index (χ4n) is 3.17. The molecule has 3 aromatic carbocycles. The van der Waals surface area contributed by atoms with Gasteiger partial charge in [0.1, 0.15) is 11.5 Å². The number of benzene rings is 3. The minimum Gasteiger partial charge on any atom is -0.507 e. The van der Waals surface area contributed by atoms with Crippen LogP contribution in [0, 0.1) is 0 Å². The SMILES string of the molecule is Oc1ccc(-c2ccc(O)c3c2Cc2ccccc2-3)cc1Br. The van der Waals surface area contributed by atoms with Gasteiger partial charge in [-0.3, -0.25) is 0 Å². The van der Waals surface area contributed by atoms with Crippen LogP contribution in [0.1, 0.15) is 11.1 Å². The van der Waals surface area contributed by atoms with Gasteiger partial charge in [0.05, 0.1) is 4.47 Å². The number of aromatic hydroxyl groups is 2. The highest BCUT2D eigenvalue weighted by Gasteiger charge is 2.24. The lowest BCUT2D eigenvalue weighted by Crippen LogP contribution is -1.89. The molecule has 0 atom stereocenters. The van der Waals surface area contributed by atoms with Crippen LogP contribution in [-0.4, -0.2) is 10.2 Å². The molecule has 0 spiro atoms. The van der Waals surface area contributed by atoms with Crippen LogP contribution in [0.15, 0.2) is 59.1 Å². The van der Waals surface area contributed by atoms with E-state index in [2.05, 4.69) is 28.1 Å². The van der Waals surface area contributed by atoms with Crippen LogP contribution in [-0.2, 0) is 6.42 Å². The van der Waals surface area contributed by atoms with Crippen molar-refractivity contribution in [2.24, 2.45) is 0 Å². The highest BCUT2D eigenvalue weighted by atomic mass is 79.9. The van der Waals surface area contributed by atoms with Crippen molar-refractivity contribution < 1.29 is 10.2 Å². The van der Waals surface area contributed by atoms with Crippen LogP contribution in [0.2, 0.25) is 0 Å². The Kier molecular flexibility index (Phi) is 2.98. The third-order valence-electron chi connectivity index (χ3n) is 4.20. The molecule has 0 amide bonds. The highest BCUT2D eigenvalue weighted by Crippen LogP contribution is 2.46. The summed E-state index contributed by atoms with van der Waals surface area (Å²) in [6, 6.07) is 17.4. The third-order valence-corrected chi connectivity index (χ3v) is 4.84. The van der Waals surface area contributed by atoms with Crippen molar-refractivity contribution in [3.05, 3.63) is 70.2 Å². The summed E-state index contributed by atoms with van der Waals surface area (Å²) in [7, 11) is 0. The monoisotopic (exact) mass is 352 g/mol. The lowest BCUT2D eigenvalue weighted by atomic mass is 9.95. The van der Waals surface area contributed by atoms with E-state index in [-0.39, 0.29) is 5.75 Å². The number of halogens is 1. The van der Waals surface area contributed by atoms with Gasteiger partial charge in [0.2, 0.25) is 0 Å². The van der Waals surface area contributed by atoms with Crippen LogP contribution < -0.4 is 0 Å². The van der Waals surface area contributed by atoms with Gasteiger partial charge in [-0.05, 0) is 68.4 Å². The highest BCUT2D eigenvalue weighted by molar-refractivity contribution is 9.10. The molecule has 2 nitrogen and oxygen atoms in total. The first-order chi connectivity index (χ1) is 10.6. The number of hydrogen-bond acceptors (Lipinski definition) is 2. The zero-order chi connectivity index (χ0) is 15.3. The Morgan fingerprint density at radius 2 is 1.59 bits per heavy atom. The van der Waals surface area contributed by atoms with E-state index >= 15 is 0 Å². The molecule has 1 aliphatic carbocycles. The number of phenolic OH excluding ortho intramolecular Hbond substituents is 2. The van der Waals surface area contributed by atoms with Gasteiger partial charge >= 0.3 is 0 Å². The van der Waals surface area contributed by atoms with E-state index < -0.39 is 0 Å². The van der Waals surface area contributed by atoms with E-state index in [1.165, 1.54) is 5.56 Å². The summed E-state index contributed by atoms with van der Waals surface area (Å²) in [5.74, 6) is 0.545. The third kappa shape index (κ3) is 1.93. The van der Waals surface area contributed by atoms with Crippen molar-refractivity contribution in [2.45, 2.75) is 6.42 Å². The number of fused-ring (bicyclic) bond motifs is 3. The first-order valence-electron chi connectivity index (χ1n) is 7.07. The Balaban J connectivity index is 1.96. The van der Waals surface area contributed by atoms with Gasteiger partial charge in [-0.2, -0.15) is 0 Å². The van der Waals surface area contributed by atoms with Gasteiger partial charge in [-0.15, -0.1) is 0 Å². The Morgan fingerprint density at radius 3 is 2.41 bits per heavy atom. The summed E-state index contributed by atoms with van der Waals surface area (Å²) in [4.78, 5) is 0. The Bertz CT molecular complexity index is 900. The maximum absolute atomic E-state index is 10.3. The second-order valence-corrected chi connectivity index (χ2v) is 6.34. The van der Waals surface area contributed by atoms with Crippen molar-refractivity contribution >= 4 is 15.9 Å². The quantitative estimate of drug-likeness (QED) is 0.500. The molecule has 0 fully saturated rings. The maximum atomic E-state index is 10.3. The summed E-state index contributed by atoms with van der Waals surface area (Å²) >= 11 is 3.37. The molecule has 0 saturated heterocycles. The van der Waals surface area contributed by atoms with Gasteiger partial charge in [-0.25, -0.2) is 0 Å².